The highest BCUT2D eigenvalue weighted by Gasteiger charge is 2.45. The minimum absolute atomic E-state index is 0.0423. The molecule has 41 heavy (non-hydrogen) atoms. The Morgan fingerprint density at radius 1 is 0.732 bits per heavy atom. The quantitative estimate of drug-likeness (QED) is 0.328. The predicted molar refractivity (Wildman–Crippen MR) is 158 cm³/mol. The molecule has 0 N–H and O–H groups in total. The molecule has 1 atom stereocenters. The second-order valence-electron chi connectivity index (χ2n) is 10.5. The van der Waals surface area contributed by atoms with E-state index in [1.807, 2.05) is 18.2 Å². The zero-order valence-corrected chi connectivity index (χ0v) is 24.0. The van der Waals surface area contributed by atoms with E-state index < -0.39 is 30.7 Å². The van der Waals surface area contributed by atoms with Crippen molar-refractivity contribution in [3.8, 4) is 11.1 Å². The Morgan fingerprint density at radius 3 is 2.00 bits per heavy atom. The second kappa shape index (κ2) is 10.9. The Labute approximate surface area is 240 Å². The van der Waals surface area contributed by atoms with Crippen molar-refractivity contribution in [2.24, 2.45) is 0 Å². The molecule has 4 aromatic carbocycles. The zero-order valence-electron chi connectivity index (χ0n) is 22.4. The molecule has 1 fully saturated rings. The Hall–Kier alpha value is -3.79. The summed E-state index contributed by atoms with van der Waals surface area (Å²) in [6, 6.07) is 31.0. The van der Waals surface area contributed by atoms with Gasteiger partial charge in [-0.1, -0.05) is 78.9 Å². The standard InChI is InChI=1S/C32H30N2O5S2/c35-32(34-20-18-33(19-21-34)22-24-14-16-26(17-15-24)25-8-3-1-4-9-25)28-12-7-13-29-31(28)30(23-40(29,36)37)41(38,39)27-10-5-2-6-11-27/h1-17,30H,18-23H2. The number of hydrogen-bond acceptors (Lipinski definition) is 6. The van der Waals surface area contributed by atoms with Gasteiger partial charge in [0.05, 0.1) is 15.5 Å². The Bertz CT molecular complexity index is 1780. The van der Waals surface area contributed by atoms with Crippen LogP contribution >= 0.6 is 0 Å². The largest absolute Gasteiger partial charge is 0.336 e. The van der Waals surface area contributed by atoms with Crippen molar-refractivity contribution in [1.29, 1.82) is 0 Å². The molecule has 4 aromatic rings. The zero-order chi connectivity index (χ0) is 28.6. The average molecular weight is 587 g/mol. The molecule has 1 saturated heterocycles. The fourth-order valence-electron chi connectivity index (χ4n) is 5.70. The topological polar surface area (TPSA) is 91.8 Å². The molecule has 0 spiro atoms. The van der Waals surface area contributed by atoms with Crippen molar-refractivity contribution in [1.82, 2.24) is 9.80 Å². The number of carbonyl (C=O) groups is 1. The molecule has 0 aliphatic carbocycles. The van der Waals surface area contributed by atoms with Crippen LogP contribution in [0.1, 0.15) is 26.7 Å². The normalized spacial score (nSPS) is 18.6. The van der Waals surface area contributed by atoms with Crippen molar-refractivity contribution < 1.29 is 21.6 Å². The summed E-state index contributed by atoms with van der Waals surface area (Å²) in [4.78, 5) is 17.7. The lowest BCUT2D eigenvalue weighted by Gasteiger charge is -2.35. The van der Waals surface area contributed by atoms with E-state index in [1.165, 1.54) is 35.4 Å². The van der Waals surface area contributed by atoms with E-state index in [-0.39, 0.29) is 26.8 Å². The van der Waals surface area contributed by atoms with Crippen LogP contribution in [-0.2, 0) is 26.2 Å². The van der Waals surface area contributed by atoms with Gasteiger partial charge < -0.3 is 4.90 Å². The minimum atomic E-state index is -4.03. The monoisotopic (exact) mass is 586 g/mol. The van der Waals surface area contributed by atoms with E-state index in [4.69, 9.17) is 0 Å². The summed E-state index contributed by atoms with van der Waals surface area (Å²) in [6.45, 7) is 3.00. The number of fused-ring (bicyclic) bond motifs is 1. The van der Waals surface area contributed by atoms with E-state index in [2.05, 4.69) is 41.3 Å². The van der Waals surface area contributed by atoms with Gasteiger partial charge >= 0.3 is 0 Å². The summed E-state index contributed by atoms with van der Waals surface area (Å²) < 4.78 is 53.1. The van der Waals surface area contributed by atoms with Crippen LogP contribution in [0.2, 0.25) is 0 Å². The molecule has 9 heteroatoms. The molecule has 0 radical (unpaired) electrons. The lowest BCUT2D eigenvalue weighted by Crippen LogP contribution is -2.48. The molecule has 210 valence electrons. The molecule has 1 unspecified atom stereocenters. The minimum Gasteiger partial charge on any atom is -0.336 e. The van der Waals surface area contributed by atoms with Gasteiger partial charge in [-0.15, -0.1) is 0 Å². The second-order valence-corrected chi connectivity index (χ2v) is 14.6. The van der Waals surface area contributed by atoms with Crippen LogP contribution in [0.5, 0.6) is 0 Å². The molecule has 7 nitrogen and oxygen atoms in total. The van der Waals surface area contributed by atoms with Gasteiger partial charge in [-0.3, -0.25) is 9.69 Å². The fraction of sp³-hybridized carbons (Fsp3) is 0.219. The molecular weight excluding hydrogens is 556 g/mol. The van der Waals surface area contributed by atoms with Crippen molar-refractivity contribution >= 4 is 25.6 Å². The molecule has 0 saturated carbocycles. The SMILES string of the molecule is O=C(c1cccc2c1C(S(=O)(=O)c1ccccc1)CS2(=O)=O)N1CCN(Cc2ccc(-c3ccccc3)cc2)CC1. The lowest BCUT2D eigenvalue weighted by molar-refractivity contribution is 0.0627. The first kappa shape index (κ1) is 27.4. The van der Waals surface area contributed by atoms with Gasteiger partial charge in [0.25, 0.3) is 5.91 Å². The van der Waals surface area contributed by atoms with E-state index >= 15 is 0 Å². The van der Waals surface area contributed by atoms with Gasteiger partial charge in [-0.05, 0) is 41.0 Å². The molecule has 0 bridgehead atoms. The third-order valence-corrected chi connectivity index (χ3v) is 12.0. The Balaban J connectivity index is 1.18. The van der Waals surface area contributed by atoms with Crippen molar-refractivity contribution in [2.45, 2.75) is 21.6 Å². The first-order valence-electron chi connectivity index (χ1n) is 13.5. The number of amides is 1. The van der Waals surface area contributed by atoms with Crippen LogP contribution in [-0.4, -0.2) is 64.5 Å². The molecule has 2 heterocycles. The summed E-state index contributed by atoms with van der Waals surface area (Å²) in [5.41, 5.74) is 3.77. The maximum absolute atomic E-state index is 13.7. The van der Waals surface area contributed by atoms with E-state index in [9.17, 15) is 21.6 Å². The number of piperazine rings is 1. The summed E-state index contributed by atoms with van der Waals surface area (Å²) >= 11 is 0. The van der Waals surface area contributed by atoms with Crippen LogP contribution in [0.4, 0.5) is 0 Å². The third-order valence-electron chi connectivity index (χ3n) is 7.90. The summed E-state index contributed by atoms with van der Waals surface area (Å²) in [5.74, 6) is -0.903. The van der Waals surface area contributed by atoms with E-state index in [0.29, 0.717) is 26.2 Å². The average Bonchev–Trinajstić information content (AvgIpc) is 3.30. The summed E-state index contributed by atoms with van der Waals surface area (Å²) in [6.07, 6.45) is 0. The van der Waals surface area contributed by atoms with Gasteiger partial charge in [-0.2, -0.15) is 0 Å². The number of rotatable bonds is 6. The van der Waals surface area contributed by atoms with Gasteiger partial charge in [0.2, 0.25) is 0 Å². The van der Waals surface area contributed by atoms with Crippen LogP contribution in [0.3, 0.4) is 0 Å². The number of nitrogens with zero attached hydrogens (tertiary/aromatic N) is 2. The van der Waals surface area contributed by atoms with E-state index in [1.54, 1.807) is 29.2 Å². The van der Waals surface area contributed by atoms with Crippen LogP contribution < -0.4 is 0 Å². The van der Waals surface area contributed by atoms with Gasteiger partial charge in [-0.25, -0.2) is 16.8 Å². The Kier molecular flexibility index (Phi) is 7.27. The smallest absolute Gasteiger partial charge is 0.254 e. The van der Waals surface area contributed by atoms with Crippen molar-refractivity contribution in [3.05, 3.63) is 120 Å². The van der Waals surface area contributed by atoms with Crippen molar-refractivity contribution in [2.75, 3.05) is 31.9 Å². The number of carbonyl (C=O) groups excluding carboxylic acids is 1. The van der Waals surface area contributed by atoms with Crippen LogP contribution in [0.15, 0.2) is 113 Å². The highest BCUT2D eigenvalue weighted by Crippen LogP contribution is 2.43. The van der Waals surface area contributed by atoms with Gasteiger partial charge in [0.1, 0.15) is 5.25 Å². The summed E-state index contributed by atoms with van der Waals surface area (Å²) in [7, 11) is -7.89. The number of sulfone groups is 2. The molecule has 2 aliphatic heterocycles. The molecular formula is C32H30N2O5S2. The van der Waals surface area contributed by atoms with Crippen LogP contribution in [0, 0.1) is 0 Å². The Morgan fingerprint density at radius 2 is 1.34 bits per heavy atom. The lowest BCUT2D eigenvalue weighted by atomic mass is 10.0. The maximum atomic E-state index is 13.7. The van der Waals surface area contributed by atoms with Gasteiger partial charge in [0, 0.05) is 43.9 Å². The first-order chi connectivity index (χ1) is 19.7. The molecule has 2 aliphatic rings. The van der Waals surface area contributed by atoms with Gasteiger partial charge in [0.15, 0.2) is 19.7 Å². The first-order valence-corrected chi connectivity index (χ1v) is 16.7. The highest BCUT2D eigenvalue weighted by atomic mass is 32.2. The van der Waals surface area contributed by atoms with Crippen molar-refractivity contribution in [3.63, 3.8) is 0 Å². The van der Waals surface area contributed by atoms with Crippen LogP contribution in [0.25, 0.3) is 11.1 Å². The molecule has 6 rings (SSSR count). The fourth-order valence-corrected chi connectivity index (χ4v) is 10.1. The van der Waals surface area contributed by atoms with E-state index in [0.717, 1.165) is 12.1 Å². The molecule has 0 aromatic heterocycles. The molecule has 1 amide bonds. The predicted octanol–water partition coefficient (Wildman–Crippen LogP) is 4.61. The maximum Gasteiger partial charge on any atom is 0.254 e. The summed E-state index contributed by atoms with van der Waals surface area (Å²) in [5, 5.41) is -1.33. The number of hydrogen-bond donors (Lipinski definition) is 0. The third kappa shape index (κ3) is 5.32. The number of benzene rings is 4. The highest BCUT2D eigenvalue weighted by molar-refractivity contribution is 7.96.